The standard InChI is InChI=1S/C18H18FNO3S/c1-12-8-9-13(11-15(12)19)18(21)20-10-4-5-14-16(20)6-3-7-17(14)24(2,22)23/h3,6-9,11H,4-5,10H2,1-2H3. The minimum atomic E-state index is -3.37. The summed E-state index contributed by atoms with van der Waals surface area (Å²) in [6.45, 7) is 2.12. The van der Waals surface area contributed by atoms with Crippen LogP contribution in [-0.2, 0) is 16.3 Å². The van der Waals surface area contributed by atoms with Gasteiger partial charge in [0.05, 0.1) is 4.90 Å². The van der Waals surface area contributed by atoms with Crippen molar-refractivity contribution in [2.24, 2.45) is 0 Å². The fourth-order valence-corrected chi connectivity index (χ4v) is 4.01. The van der Waals surface area contributed by atoms with E-state index in [9.17, 15) is 17.6 Å². The molecule has 0 unspecified atom stereocenters. The molecule has 1 aliphatic heterocycles. The molecule has 2 aromatic carbocycles. The molecule has 0 radical (unpaired) electrons. The van der Waals surface area contributed by atoms with Crippen molar-refractivity contribution in [2.75, 3.05) is 17.7 Å². The van der Waals surface area contributed by atoms with Crippen molar-refractivity contribution < 1.29 is 17.6 Å². The lowest BCUT2D eigenvalue weighted by Crippen LogP contribution is -2.36. The number of amides is 1. The first-order valence-corrected chi connectivity index (χ1v) is 9.58. The molecule has 0 aromatic heterocycles. The Balaban J connectivity index is 2.07. The van der Waals surface area contributed by atoms with Crippen molar-refractivity contribution in [3.8, 4) is 0 Å². The second-order valence-electron chi connectivity index (χ2n) is 6.05. The second-order valence-corrected chi connectivity index (χ2v) is 8.03. The van der Waals surface area contributed by atoms with Gasteiger partial charge in [0.15, 0.2) is 9.84 Å². The van der Waals surface area contributed by atoms with E-state index in [-0.39, 0.29) is 16.4 Å². The van der Waals surface area contributed by atoms with Crippen molar-refractivity contribution in [3.63, 3.8) is 0 Å². The van der Waals surface area contributed by atoms with E-state index in [2.05, 4.69) is 0 Å². The Morgan fingerprint density at radius 3 is 2.62 bits per heavy atom. The average molecular weight is 347 g/mol. The highest BCUT2D eigenvalue weighted by Crippen LogP contribution is 2.33. The topological polar surface area (TPSA) is 54.5 Å². The van der Waals surface area contributed by atoms with Crippen LogP contribution in [0.15, 0.2) is 41.3 Å². The average Bonchev–Trinajstić information content (AvgIpc) is 2.54. The maximum absolute atomic E-state index is 13.8. The lowest BCUT2D eigenvalue weighted by Gasteiger charge is -2.30. The molecule has 0 N–H and O–H groups in total. The SMILES string of the molecule is Cc1ccc(C(=O)N2CCCc3c2cccc3S(C)(=O)=O)cc1F. The molecule has 2 aromatic rings. The highest BCUT2D eigenvalue weighted by molar-refractivity contribution is 7.90. The fraction of sp³-hybridized carbons (Fsp3) is 0.278. The smallest absolute Gasteiger partial charge is 0.258 e. The predicted molar refractivity (Wildman–Crippen MR) is 90.7 cm³/mol. The summed E-state index contributed by atoms with van der Waals surface area (Å²) in [6.07, 6.45) is 2.43. The van der Waals surface area contributed by atoms with Crippen LogP contribution >= 0.6 is 0 Å². The van der Waals surface area contributed by atoms with Gasteiger partial charge in [0.2, 0.25) is 0 Å². The van der Waals surface area contributed by atoms with Gasteiger partial charge in [-0.15, -0.1) is 0 Å². The Labute approximate surface area is 140 Å². The van der Waals surface area contributed by atoms with E-state index in [1.165, 1.54) is 17.2 Å². The minimum absolute atomic E-state index is 0.257. The summed E-state index contributed by atoms with van der Waals surface area (Å²) in [7, 11) is -3.37. The first-order chi connectivity index (χ1) is 11.3. The van der Waals surface area contributed by atoms with E-state index in [0.29, 0.717) is 36.2 Å². The maximum Gasteiger partial charge on any atom is 0.258 e. The summed E-state index contributed by atoms with van der Waals surface area (Å²) in [6, 6.07) is 9.33. The van der Waals surface area contributed by atoms with Crippen LogP contribution in [0.1, 0.15) is 27.9 Å². The third-order valence-corrected chi connectivity index (χ3v) is 5.45. The van der Waals surface area contributed by atoms with Crippen molar-refractivity contribution in [3.05, 3.63) is 58.9 Å². The predicted octanol–water partition coefficient (Wildman–Crippen LogP) is 3.13. The van der Waals surface area contributed by atoms with Crippen LogP contribution in [0.3, 0.4) is 0 Å². The maximum atomic E-state index is 13.8. The number of sulfone groups is 1. The molecular formula is C18H18FNO3S. The zero-order valence-electron chi connectivity index (χ0n) is 13.5. The summed E-state index contributed by atoms with van der Waals surface area (Å²) >= 11 is 0. The number of anilines is 1. The lowest BCUT2D eigenvalue weighted by atomic mass is 10.0. The van der Waals surface area contributed by atoms with Gasteiger partial charge >= 0.3 is 0 Å². The number of carbonyl (C=O) groups excluding carboxylic acids is 1. The number of aryl methyl sites for hydroxylation is 1. The van der Waals surface area contributed by atoms with E-state index in [4.69, 9.17) is 0 Å². The summed E-state index contributed by atoms with van der Waals surface area (Å²) < 4.78 is 37.7. The van der Waals surface area contributed by atoms with Gasteiger partial charge in [0.1, 0.15) is 5.82 Å². The molecule has 1 aliphatic rings. The van der Waals surface area contributed by atoms with Gasteiger partial charge in [-0.25, -0.2) is 12.8 Å². The molecule has 126 valence electrons. The molecule has 0 bridgehead atoms. The molecule has 0 atom stereocenters. The Hall–Kier alpha value is -2.21. The molecule has 0 saturated carbocycles. The molecule has 0 aliphatic carbocycles. The van der Waals surface area contributed by atoms with E-state index in [1.54, 1.807) is 37.3 Å². The highest BCUT2D eigenvalue weighted by atomic mass is 32.2. The van der Waals surface area contributed by atoms with Gasteiger partial charge in [-0.05, 0) is 55.2 Å². The number of benzene rings is 2. The monoisotopic (exact) mass is 347 g/mol. The summed E-state index contributed by atoms with van der Waals surface area (Å²) in [5.41, 5.74) is 1.99. The van der Waals surface area contributed by atoms with Gasteiger partial charge in [-0.2, -0.15) is 0 Å². The molecular weight excluding hydrogens is 329 g/mol. The zero-order valence-corrected chi connectivity index (χ0v) is 14.4. The van der Waals surface area contributed by atoms with E-state index in [0.717, 1.165) is 0 Å². The first-order valence-electron chi connectivity index (χ1n) is 7.69. The van der Waals surface area contributed by atoms with Crippen molar-refractivity contribution in [1.82, 2.24) is 0 Å². The van der Waals surface area contributed by atoms with E-state index in [1.807, 2.05) is 0 Å². The molecule has 6 heteroatoms. The van der Waals surface area contributed by atoms with Crippen LogP contribution in [0.4, 0.5) is 10.1 Å². The molecule has 1 heterocycles. The number of carbonyl (C=O) groups is 1. The van der Waals surface area contributed by atoms with Crippen LogP contribution < -0.4 is 4.90 Å². The summed E-state index contributed by atoms with van der Waals surface area (Å²) in [5, 5.41) is 0. The Bertz CT molecular complexity index is 922. The highest BCUT2D eigenvalue weighted by Gasteiger charge is 2.27. The van der Waals surface area contributed by atoms with Crippen LogP contribution in [0.25, 0.3) is 0 Å². The Morgan fingerprint density at radius 2 is 1.96 bits per heavy atom. The van der Waals surface area contributed by atoms with Crippen LogP contribution in [0.5, 0.6) is 0 Å². The Kier molecular flexibility index (Phi) is 4.17. The number of halogens is 1. The van der Waals surface area contributed by atoms with E-state index >= 15 is 0 Å². The lowest BCUT2D eigenvalue weighted by molar-refractivity contribution is 0.0984. The summed E-state index contributed by atoms with van der Waals surface area (Å²) in [4.78, 5) is 14.6. The third kappa shape index (κ3) is 2.94. The molecule has 0 spiro atoms. The van der Waals surface area contributed by atoms with Gasteiger partial charge in [0, 0.05) is 24.1 Å². The quantitative estimate of drug-likeness (QED) is 0.839. The van der Waals surface area contributed by atoms with Crippen molar-refractivity contribution >= 4 is 21.4 Å². The number of hydrogen-bond acceptors (Lipinski definition) is 3. The van der Waals surface area contributed by atoms with Crippen LogP contribution in [-0.4, -0.2) is 27.1 Å². The molecule has 3 rings (SSSR count). The van der Waals surface area contributed by atoms with Crippen molar-refractivity contribution in [2.45, 2.75) is 24.7 Å². The van der Waals surface area contributed by atoms with Crippen LogP contribution in [0, 0.1) is 12.7 Å². The van der Waals surface area contributed by atoms with Crippen molar-refractivity contribution in [1.29, 1.82) is 0 Å². The van der Waals surface area contributed by atoms with Gasteiger partial charge in [0.25, 0.3) is 5.91 Å². The normalized spacial score (nSPS) is 14.4. The second kappa shape index (κ2) is 6.02. The number of rotatable bonds is 2. The molecule has 4 nitrogen and oxygen atoms in total. The minimum Gasteiger partial charge on any atom is -0.308 e. The van der Waals surface area contributed by atoms with Gasteiger partial charge in [-0.1, -0.05) is 12.1 Å². The molecule has 0 fully saturated rings. The number of fused-ring (bicyclic) bond motifs is 1. The van der Waals surface area contributed by atoms with Crippen LogP contribution in [0.2, 0.25) is 0 Å². The summed E-state index contributed by atoms with van der Waals surface area (Å²) in [5.74, 6) is -0.747. The molecule has 0 saturated heterocycles. The number of hydrogen-bond donors (Lipinski definition) is 0. The largest absolute Gasteiger partial charge is 0.308 e. The Morgan fingerprint density at radius 1 is 1.21 bits per heavy atom. The molecule has 24 heavy (non-hydrogen) atoms. The third-order valence-electron chi connectivity index (χ3n) is 4.27. The first kappa shape index (κ1) is 16.6. The van der Waals surface area contributed by atoms with Gasteiger partial charge in [-0.3, -0.25) is 4.79 Å². The number of nitrogens with zero attached hydrogens (tertiary/aromatic N) is 1. The molecule has 1 amide bonds. The zero-order chi connectivity index (χ0) is 17.5. The van der Waals surface area contributed by atoms with E-state index < -0.39 is 15.7 Å². The van der Waals surface area contributed by atoms with Gasteiger partial charge < -0.3 is 4.90 Å². The fourth-order valence-electron chi connectivity index (χ4n) is 3.03.